The number of H-pyrrole nitrogens is 1. The number of aryl methyl sites for hydroxylation is 1. The van der Waals surface area contributed by atoms with Gasteiger partial charge in [-0.05, 0) is 55.5 Å². The summed E-state index contributed by atoms with van der Waals surface area (Å²) >= 11 is 5.37. The number of anilines is 1. The second-order valence-electron chi connectivity index (χ2n) is 5.12. The molecule has 0 saturated carbocycles. The highest BCUT2D eigenvalue weighted by Gasteiger charge is 2.06. The number of aromatic amines is 1. The molecular weight excluding hydrogens is 297 g/mol. The van der Waals surface area contributed by atoms with E-state index in [0.717, 1.165) is 17.1 Å². The van der Waals surface area contributed by atoms with Crippen molar-refractivity contribution < 1.29 is 4.39 Å². The SMILES string of the molecule is Cc1ccc(-n2c(CNc3ccc(F)cc3)c[nH]c2=S)cc1. The highest BCUT2D eigenvalue weighted by atomic mass is 32.1. The fourth-order valence-corrected chi connectivity index (χ4v) is 2.55. The maximum Gasteiger partial charge on any atom is 0.182 e. The van der Waals surface area contributed by atoms with Crippen LogP contribution in [0.4, 0.5) is 10.1 Å². The van der Waals surface area contributed by atoms with E-state index in [2.05, 4.69) is 29.4 Å². The molecule has 1 heterocycles. The number of hydrogen-bond acceptors (Lipinski definition) is 2. The Morgan fingerprint density at radius 2 is 1.77 bits per heavy atom. The van der Waals surface area contributed by atoms with E-state index in [4.69, 9.17) is 12.2 Å². The average Bonchev–Trinajstić information content (AvgIpc) is 2.89. The summed E-state index contributed by atoms with van der Waals surface area (Å²) in [6.45, 7) is 2.64. The highest BCUT2D eigenvalue weighted by Crippen LogP contribution is 2.16. The van der Waals surface area contributed by atoms with Crippen LogP contribution in [0.5, 0.6) is 0 Å². The first kappa shape index (κ1) is 14.5. The van der Waals surface area contributed by atoms with Crippen molar-refractivity contribution in [3.05, 3.63) is 76.6 Å². The molecule has 1 aromatic heterocycles. The van der Waals surface area contributed by atoms with E-state index < -0.39 is 0 Å². The molecule has 0 aliphatic carbocycles. The lowest BCUT2D eigenvalue weighted by Crippen LogP contribution is -2.06. The Bertz CT molecular complexity index is 816. The fraction of sp³-hybridized carbons (Fsp3) is 0.118. The van der Waals surface area contributed by atoms with Crippen molar-refractivity contribution in [1.82, 2.24) is 9.55 Å². The summed E-state index contributed by atoms with van der Waals surface area (Å²) in [4.78, 5) is 3.07. The zero-order valence-electron chi connectivity index (χ0n) is 12.1. The summed E-state index contributed by atoms with van der Waals surface area (Å²) in [7, 11) is 0. The van der Waals surface area contributed by atoms with Crippen molar-refractivity contribution in [2.24, 2.45) is 0 Å². The number of aromatic nitrogens is 2. The molecule has 0 amide bonds. The topological polar surface area (TPSA) is 32.8 Å². The van der Waals surface area contributed by atoms with Crippen LogP contribution in [-0.4, -0.2) is 9.55 Å². The molecule has 3 rings (SSSR count). The summed E-state index contributed by atoms with van der Waals surface area (Å²) in [6.07, 6.45) is 1.89. The number of imidazole rings is 1. The van der Waals surface area contributed by atoms with Crippen molar-refractivity contribution in [1.29, 1.82) is 0 Å². The van der Waals surface area contributed by atoms with Crippen molar-refractivity contribution in [3.8, 4) is 5.69 Å². The molecule has 0 bridgehead atoms. The molecule has 0 aliphatic rings. The van der Waals surface area contributed by atoms with Crippen LogP contribution < -0.4 is 5.32 Å². The number of nitrogens with one attached hydrogen (secondary N) is 2. The van der Waals surface area contributed by atoms with Gasteiger partial charge in [-0.3, -0.25) is 4.57 Å². The molecule has 5 heteroatoms. The van der Waals surface area contributed by atoms with Crippen molar-refractivity contribution >= 4 is 17.9 Å². The number of benzene rings is 2. The van der Waals surface area contributed by atoms with Crippen LogP contribution in [0, 0.1) is 17.5 Å². The number of rotatable bonds is 4. The first-order valence-corrected chi connectivity index (χ1v) is 7.40. The Morgan fingerprint density at radius 3 is 2.45 bits per heavy atom. The lowest BCUT2D eigenvalue weighted by Gasteiger charge is -2.10. The lowest BCUT2D eigenvalue weighted by atomic mass is 10.2. The maximum absolute atomic E-state index is 12.9. The Hall–Kier alpha value is -2.40. The van der Waals surface area contributed by atoms with Crippen LogP contribution in [0.2, 0.25) is 0 Å². The van der Waals surface area contributed by atoms with Gasteiger partial charge < -0.3 is 10.3 Å². The molecular formula is C17H16FN3S. The van der Waals surface area contributed by atoms with Gasteiger partial charge in [-0.2, -0.15) is 0 Å². The highest BCUT2D eigenvalue weighted by molar-refractivity contribution is 7.71. The van der Waals surface area contributed by atoms with Gasteiger partial charge in [0, 0.05) is 17.6 Å². The Balaban J connectivity index is 1.84. The zero-order chi connectivity index (χ0) is 15.5. The predicted octanol–water partition coefficient (Wildman–Crippen LogP) is 4.59. The van der Waals surface area contributed by atoms with Crippen molar-refractivity contribution in [2.45, 2.75) is 13.5 Å². The minimum Gasteiger partial charge on any atom is -0.379 e. The lowest BCUT2D eigenvalue weighted by molar-refractivity contribution is 0.628. The molecule has 0 radical (unpaired) electrons. The van der Waals surface area contributed by atoms with E-state index in [1.54, 1.807) is 12.1 Å². The van der Waals surface area contributed by atoms with Gasteiger partial charge in [-0.25, -0.2) is 4.39 Å². The number of hydrogen-bond donors (Lipinski definition) is 2. The van der Waals surface area contributed by atoms with E-state index in [9.17, 15) is 4.39 Å². The normalized spacial score (nSPS) is 10.6. The largest absolute Gasteiger partial charge is 0.379 e. The molecule has 3 aromatic rings. The molecule has 0 saturated heterocycles. The molecule has 2 aromatic carbocycles. The van der Waals surface area contributed by atoms with E-state index >= 15 is 0 Å². The van der Waals surface area contributed by atoms with Gasteiger partial charge in [0.2, 0.25) is 0 Å². The van der Waals surface area contributed by atoms with Gasteiger partial charge in [-0.15, -0.1) is 0 Å². The molecule has 0 spiro atoms. The van der Waals surface area contributed by atoms with Gasteiger partial charge in [0.15, 0.2) is 4.77 Å². The smallest absolute Gasteiger partial charge is 0.182 e. The van der Waals surface area contributed by atoms with Crippen LogP contribution in [0.25, 0.3) is 5.69 Å². The third-order valence-electron chi connectivity index (χ3n) is 3.46. The summed E-state index contributed by atoms with van der Waals surface area (Å²) < 4.78 is 15.6. The van der Waals surface area contributed by atoms with E-state index in [1.807, 2.05) is 22.9 Å². The van der Waals surface area contributed by atoms with E-state index in [-0.39, 0.29) is 5.82 Å². The van der Waals surface area contributed by atoms with Gasteiger partial charge in [0.25, 0.3) is 0 Å². The third kappa shape index (κ3) is 3.09. The van der Waals surface area contributed by atoms with Crippen LogP contribution in [-0.2, 0) is 6.54 Å². The molecule has 22 heavy (non-hydrogen) atoms. The van der Waals surface area contributed by atoms with Crippen molar-refractivity contribution in [2.75, 3.05) is 5.32 Å². The van der Waals surface area contributed by atoms with Gasteiger partial charge >= 0.3 is 0 Å². The molecule has 0 unspecified atom stereocenters. The minimum absolute atomic E-state index is 0.241. The second-order valence-corrected chi connectivity index (χ2v) is 5.50. The van der Waals surface area contributed by atoms with Crippen LogP contribution >= 0.6 is 12.2 Å². The molecule has 0 fully saturated rings. The fourth-order valence-electron chi connectivity index (χ4n) is 2.27. The minimum atomic E-state index is -0.241. The maximum atomic E-state index is 12.9. The predicted molar refractivity (Wildman–Crippen MR) is 89.4 cm³/mol. The Labute approximate surface area is 133 Å². The number of nitrogens with zero attached hydrogens (tertiary/aromatic N) is 1. The standard InChI is InChI=1S/C17H16FN3S/c1-12-2-8-15(9-3-12)21-16(11-20-17(21)22)10-19-14-6-4-13(18)5-7-14/h2-9,11,19H,10H2,1H3,(H,20,22). The van der Waals surface area contributed by atoms with Crippen LogP contribution in [0.15, 0.2) is 54.7 Å². The molecule has 2 N–H and O–H groups in total. The van der Waals surface area contributed by atoms with Crippen LogP contribution in [0.1, 0.15) is 11.3 Å². The van der Waals surface area contributed by atoms with Gasteiger partial charge in [0.05, 0.1) is 12.2 Å². The first-order valence-electron chi connectivity index (χ1n) is 6.99. The second kappa shape index (κ2) is 6.15. The molecule has 112 valence electrons. The summed E-state index contributed by atoms with van der Waals surface area (Å²) in [5.41, 5.74) is 4.10. The number of halogens is 1. The van der Waals surface area contributed by atoms with Crippen LogP contribution in [0.3, 0.4) is 0 Å². The third-order valence-corrected chi connectivity index (χ3v) is 3.76. The average molecular weight is 313 g/mol. The molecule has 0 aliphatic heterocycles. The first-order chi connectivity index (χ1) is 10.6. The van der Waals surface area contributed by atoms with E-state index in [1.165, 1.54) is 17.7 Å². The van der Waals surface area contributed by atoms with E-state index in [0.29, 0.717) is 11.3 Å². The monoisotopic (exact) mass is 313 g/mol. The van der Waals surface area contributed by atoms with Crippen molar-refractivity contribution in [3.63, 3.8) is 0 Å². The summed E-state index contributed by atoms with van der Waals surface area (Å²) in [5.74, 6) is -0.241. The Kier molecular flexibility index (Phi) is 4.06. The zero-order valence-corrected chi connectivity index (χ0v) is 13.0. The summed E-state index contributed by atoms with van der Waals surface area (Å²) in [5, 5.41) is 3.27. The summed E-state index contributed by atoms with van der Waals surface area (Å²) in [6, 6.07) is 14.5. The molecule has 0 atom stereocenters. The quantitative estimate of drug-likeness (QED) is 0.690. The molecule has 3 nitrogen and oxygen atoms in total. The Morgan fingerprint density at radius 1 is 1.09 bits per heavy atom. The van der Waals surface area contributed by atoms with Gasteiger partial charge in [-0.1, -0.05) is 17.7 Å². The van der Waals surface area contributed by atoms with Gasteiger partial charge in [0.1, 0.15) is 5.82 Å².